The molecule has 0 radical (unpaired) electrons. The van der Waals surface area contributed by atoms with Crippen LogP contribution in [0.2, 0.25) is 0 Å². The number of nitrogens with zero attached hydrogens (tertiary/aromatic N) is 1. The fourth-order valence-corrected chi connectivity index (χ4v) is 4.46. The van der Waals surface area contributed by atoms with Crippen molar-refractivity contribution in [3.05, 3.63) is 48.7 Å². The van der Waals surface area contributed by atoms with Gasteiger partial charge in [-0.2, -0.15) is 0 Å². The molecule has 0 saturated carbocycles. The van der Waals surface area contributed by atoms with Gasteiger partial charge < -0.3 is 0 Å². The van der Waals surface area contributed by atoms with Crippen molar-refractivity contribution in [2.45, 2.75) is 122 Å². The van der Waals surface area contributed by atoms with Crippen LogP contribution < -0.4 is 0 Å². The van der Waals surface area contributed by atoms with E-state index < -0.39 is 0 Å². The highest BCUT2D eigenvalue weighted by atomic mass is 15.3. The Morgan fingerprint density at radius 3 is 1.57 bits per heavy atom. The summed E-state index contributed by atoms with van der Waals surface area (Å²) >= 11 is 0. The number of hydrogen-bond acceptors (Lipinski definition) is 0. The molecule has 1 nitrogen and oxygen atoms in total. The number of benzene rings is 1. The first-order chi connectivity index (χ1) is 14.6. The van der Waals surface area contributed by atoms with Gasteiger partial charge in [0.05, 0.1) is 26.3 Å². The van der Waals surface area contributed by atoms with Gasteiger partial charge in [-0.05, 0) is 18.6 Å². The van der Waals surface area contributed by atoms with Gasteiger partial charge in [-0.25, -0.2) is 0 Å². The molecule has 1 aromatic rings. The molecule has 0 aliphatic rings. The second-order valence-corrected chi connectivity index (χ2v) is 9.89. The second kappa shape index (κ2) is 17.6. The molecule has 0 bridgehead atoms. The average molecular weight is 415 g/mol. The lowest BCUT2D eigenvalue weighted by molar-refractivity contribution is -0.865. The standard InChI is InChI=1S/C29H52N/c1-5-7-8-9-10-11-12-13-14-15-16-17-18-19-23-26-29(30(3,4)6-2)27-28-24-21-20-22-25-28/h6,20-22,24-25,29H,2,5,7-19,23,26-27H2,1,3-4H3/q+1. The highest BCUT2D eigenvalue weighted by Crippen LogP contribution is 2.21. The predicted molar refractivity (Wildman–Crippen MR) is 136 cm³/mol. The van der Waals surface area contributed by atoms with Crippen LogP contribution in [-0.4, -0.2) is 24.6 Å². The first kappa shape index (κ1) is 27.0. The largest absolute Gasteiger partial charge is 0.300 e. The van der Waals surface area contributed by atoms with Crippen LogP contribution >= 0.6 is 0 Å². The van der Waals surface area contributed by atoms with Gasteiger partial charge in [-0.3, -0.25) is 4.48 Å². The third-order valence-corrected chi connectivity index (χ3v) is 6.87. The van der Waals surface area contributed by atoms with Gasteiger partial charge >= 0.3 is 0 Å². The number of quaternary nitrogens is 1. The van der Waals surface area contributed by atoms with Crippen LogP contribution in [0.1, 0.15) is 115 Å². The molecule has 0 N–H and O–H groups in total. The van der Waals surface area contributed by atoms with Crippen LogP contribution in [0.15, 0.2) is 43.1 Å². The van der Waals surface area contributed by atoms with Crippen molar-refractivity contribution in [2.24, 2.45) is 0 Å². The first-order valence-electron chi connectivity index (χ1n) is 13.1. The van der Waals surface area contributed by atoms with Crippen LogP contribution in [0.5, 0.6) is 0 Å². The molecule has 1 rings (SSSR count). The van der Waals surface area contributed by atoms with Crippen LogP contribution in [0.3, 0.4) is 0 Å². The molecule has 0 heterocycles. The van der Waals surface area contributed by atoms with Crippen molar-refractivity contribution in [2.75, 3.05) is 14.1 Å². The summed E-state index contributed by atoms with van der Waals surface area (Å²) in [5.74, 6) is 0. The summed E-state index contributed by atoms with van der Waals surface area (Å²) < 4.78 is 0.910. The zero-order valence-corrected chi connectivity index (χ0v) is 20.7. The molecule has 0 saturated heterocycles. The lowest BCUT2D eigenvalue weighted by atomic mass is 9.97. The van der Waals surface area contributed by atoms with Crippen LogP contribution in [0.25, 0.3) is 0 Å². The van der Waals surface area contributed by atoms with Crippen LogP contribution in [0, 0.1) is 0 Å². The summed E-state index contributed by atoms with van der Waals surface area (Å²) in [5, 5.41) is 0. The zero-order chi connectivity index (χ0) is 21.9. The molecule has 0 aliphatic carbocycles. The molecule has 30 heavy (non-hydrogen) atoms. The molecule has 0 aliphatic heterocycles. The summed E-state index contributed by atoms with van der Waals surface area (Å²) in [5.41, 5.74) is 1.46. The van der Waals surface area contributed by atoms with E-state index in [1.807, 2.05) is 0 Å². The van der Waals surface area contributed by atoms with Crippen molar-refractivity contribution < 1.29 is 4.48 Å². The third-order valence-electron chi connectivity index (χ3n) is 6.87. The maximum Gasteiger partial charge on any atom is 0.0968 e. The van der Waals surface area contributed by atoms with Gasteiger partial charge in [0, 0.05) is 12.8 Å². The number of hydrogen-bond donors (Lipinski definition) is 0. The highest BCUT2D eigenvalue weighted by Gasteiger charge is 2.25. The summed E-state index contributed by atoms with van der Waals surface area (Å²) in [6.07, 6.45) is 26.1. The van der Waals surface area contributed by atoms with E-state index in [1.165, 1.54) is 108 Å². The van der Waals surface area contributed by atoms with Gasteiger partial charge in [-0.1, -0.05) is 127 Å². The Kier molecular flexibility index (Phi) is 15.8. The van der Waals surface area contributed by atoms with Gasteiger partial charge in [0.1, 0.15) is 0 Å². The molecule has 0 amide bonds. The van der Waals surface area contributed by atoms with Crippen molar-refractivity contribution >= 4 is 0 Å². The van der Waals surface area contributed by atoms with Gasteiger partial charge in [0.2, 0.25) is 0 Å². The third kappa shape index (κ3) is 13.3. The topological polar surface area (TPSA) is 0 Å². The van der Waals surface area contributed by atoms with Gasteiger partial charge in [-0.15, -0.1) is 0 Å². The van der Waals surface area contributed by atoms with E-state index >= 15 is 0 Å². The second-order valence-electron chi connectivity index (χ2n) is 9.89. The van der Waals surface area contributed by atoms with E-state index in [4.69, 9.17) is 0 Å². The Morgan fingerprint density at radius 2 is 1.13 bits per heavy atom. The summed E-state index contributed by atoms with van der Waals surface area (Å²) in [4.78, 5) is 0. The van der Waals surface area contributed by atoms with Crippen LogP contribution in [-0.2, 0) is 6.42 Å². The van der Waals surface area contributed by atoms with E-state index in [0.717, 1.165) is 10.9 Å². The van der Waals surface area contributed by atoms with E-state index in [1.54, 1.807) is 0 Å². The number of likely N-dealkylation sites (N-methyl/N-ethyl adjacent to an activating group) is 1. The molecule has 0 fully saturated rings. The monoisotopic (exact) mass is 414 g/mol. The minimum atomic E-state index is 0.631. The maximum absolute atomic E-state index is 4.09. The minimum absolute atomic E-state index is 0.631. The molecule has 1 aromatic carbocycles. The van der Waals surface area contributed by atoms with E-state index in [-0.39, 0.29) is 0 Å². The Morgan fingerprint density at radius 1 is 0.700 bits per heavy atom. The highest BCUT2D eigenvalue weighted by molar-refractivity contribution is 5.15. The van der Waals surface area contributed by atoms with Crippen molar-refractivity contribution in [1.29, 1.82) is 0 Å². The fourth-order valence-electron chi connectivity index (χ4n) is 4.46. The van der Waals surface area contributed by atoms with E-state index in [9.17, 15) is 0 Å². The average Bonchev–Trinajstić information content (AvgIpc) is 2.76. The Bertz CT molecular complexity index is 504. The molecule has 0 aromatic heterocycles. The lowest BCUT2D eigenvalue weighted by Crippen LogP contribution is -2.45. The molecule has 172 valence electrons. The van der Waals surface area contributed by atoms with E-state index in [2.05, 4.69) is 64.1 Å². The summed E-state index contributed by atoms with van der Waals surface area (Å²) in [7, 11) is 4.59. The maximum atomic E-state index is 4.09. The zero-order valence-electron chi connectivity index (χ0n) is 20.7. The Hall–Kier alpha value is -1.08. The number of unbranched alkanes of at least 4 members (excludes halogenated alkanes) is 14. The van der Waals surface area contributed by atoms with E-state index in [0.29, 0.717) is 6.04 Å². The summed E-state index contributed by atoms with van der Waals surface area (Å²) in [6.45, 7) is 6.39. The van der Waals surface area contributed by atoms with Gasteiger partial charge in [0.25, 0.3) is 0 Å². The molecular formula is C29H52N+. The number of rotatable bonds is 20. The normalized spacial score (nSPS) is 12.8. The van der Waals surface area contributed by atoms with Crippen molar-refractivity contribution in [3.63, 3.8) is 0 Å². The van der Waals surface area contributed by atoms with Gasteiger partial charge in [0.15, 0.2) is 0 Å². The first-order valence-corrected chi connectivity index (χ1v) is 13.1. The summed E-state index contributed by atoms with van der Waals surface area (Å²) in [6, 6.07) is 11.6. The quantitative estimate of drug-likeness (QED) is 0.147. The Balaban J connectivity index is 2.03. The Labute approximate surface area is 189 Å². The van der Waals surface area contributed by atoms with Crippen molar-refractivity contribution in [1.82, 2.24) is 0 Å². The molecule has 1 unspecified atom stereocenters. The fraction of sp³-hybridized carbons (Fsp3) is 0.724. The molecule has 1 atom stereocenters. The minimum Gasteiger partial charge on any atom is -0.300 e. The SMILES string of the molecule is C=C[N+](C)(C)C(CCCCCCCCCCCCCCCCC)Cc1ccccc1. The predicted octanol–water partition coefficient (Wildman–Crippen LogP) is 9.08. The lowest BCUT2D eigenvalue weighted by Gasteiger charge is -2.34. The molecule has 1 heteroatoms. The molecule has 0 spiro atoms. The smallest absolute Gasteiger partial charge is 0.0968 e. The van der Waals surface area contributed by atoms with Crippen molar-refractivity contribution in [3.8, 4) is 0 Å². The molecular weight excluding hydrogens is 362 g/mol. The van der Waals surface area contributed by atoms with Crippen LogP contribution in [0.4, 0.5) is 0 Å².